The number of hydrogen-bond donors (Lipinski definition) is 1. The number of imide groups is 1. The van der Waals surface area contributed by atoms with Crippen molar-refractivity contribution in [1.82, 2.24) is 10.3 Å². The van der Waals surface area contributed by atoms with Gasteiger partial charge in [0.25, 0.3) is 0 Å². The smallest absolute Gasteiger partial charge is 0.344 e. The first-order valence-electron chi connectivity index (χ1n) is 7.13. The predicted molar refractivity (Wildman–Crippen MR) is 85.1 cm³/mol. The first kappa shape index (κ1) is 14.8. The van der Waals surface area contributed by atoms with Gasteiger partial charge in [-0.3, -0.25) is 10.1 Å². The van der Waals surface area contributed by atoms with Gasteiger partial charge in [-0.15, -0.1) is 0 Å². The summed E-state index contributed by atoms with van der Waals surface area (Å²) in [5.74, 6) is 0.298. The Labute approximate surface area is 133 Å². The van der Waals surface area contributed by atoms with Crippen LogP contribution in [0.2, 0.25) is 0 Å². The number of benzene rings is 2. The Balaban J connectivity index is 1.70. The zero-order chi connectivity index (χ0) is 16.1. The molecule has 0 unspecified atom stereocenters. The van der Waals surface area contributed by atoms with Crippen LogP contribution >= 0.6 is 0 Å². The normalized spacial score (nSPS) is 14.3. The van der Waals surface area contributed by atoms with E-state index < -0.39 is 6.03 Å². The van der Waals surface area contributed by atoms with Crippen LogP contribution in [0.5, 0.6) is 5.75 Å². The fourth-order valence-electron chi connectivity index (χ4n) is 2.11. The maximum absolute atomic E-state index is 11.5. The van der Waals surface area contributed by atoms with Crippen LogP contribution < -0.4 is 10.1 Å². The molecule has 6 nitrogen and oxygen atoms in total. The van der Waals surface area contributed by atoms with Gasteiger partial charge in [0.15, 0.2) is 0 Å². The second-order valence-corrected chi connectivity index (χ2v) is 4.97. The third-order valence-corrected chi connectivity index (χ3v) is 3.27. The number of carbonyl (C=O) groups excluding carboxylic acids is 2. The maximum Gasteiger partial charge on any atom is 0.344 e. The molecule has 6 heteroatoms. The van der Waals surface area contributed by atoms with Crippen molar-refractivity contribution in [2.75, 3.05) is 6.54 Å². The van der Waals surface area contributed by atoms with Gasteiger partial charge in [0.1, 0.15) is 18.9 Å². The molecule has 2 aromatic carbocycles. The number of ether oxygens (including phenoxy) is 1. The highest BCUT2D eigenvalue weighted by Crippen LogP contribution is 2.18. The van der Waals surface area contributed by atoms with Gasteiger partial charge in [0.05, 0.1) is 6.21 Å². The number of para-hydroxylation sites is 1. The van der Waals surface area contributed by atoms with E-state index in [0.29, 0.717) is 12.4 Å². The summed E-state index contributed by atoms with van der Waals surface area (Å²) in [6.45, 7) is 0.372. The molecule has 116 valence electrons. The first-order chi connectivity index (χ1) is 11.2. The van der Waals surface area contributed by atoms with E-state index in [2.05, 4.69) is 10.4 Å². The van der Waals surface area contributed by atoms with E-state index >= 15 is 0 Å². The van der Waals surface area contributed by atoms with Crippen LogP contribution in [-0.2, 0) is 11.4 Å². The van der Waals surface area contributed by atoms with Crippen molar-refractivity contribution >= 4 is 18.2 Å². The molecule has 0 saturated carbocycles. The van der Waals surface area contributed by atoms with Gasteiger partial charge in [0, 0.05) is 5.56 Å². The summed E-state index contributed by atoms with van der Waals surface area (Å²) in [6.07, 6.45) is 1.51. The first-order valence-corrected chi connectivity index (χ1v) is 7.13. The fourth-order valence-corrected chi connectivity index (χ4v) is 2.11. The molecule has 0 aromatic heterocycles. The number of amides is 3. The van der Waals surface area contributed by atoms with Gasteiger partial charge in [-0.2, -0.15) is 5.10 Å². The molecular weight excluding hydrogens is 294 g/mol. The zero-order valence-corrected chi connectivity index (χ0v) is 12.3. The third-order valence-electron chi connectivity index (χ3n) is 3.27. The summed E-state index contributed by atoms with van der Waals surface area (Å²) in [5, 5.41) is 7.28. The van der Waals surface area contributed by atoms with Crippen LogP contribution in [0.3, 0.4) is 0 Å². The Morgan fingerprint density at radius 3 is 2.57 bits per heavy atom. The summed E-state index contributed by atoms with van der Waals surface area (Å²) in [7, 11) is 0. The summed E-state index contributed by atoms with van der Waals surface area (Å²) in [5.41, 5.74) is 1.79. The largest absolute Gasteiger partial charge is 0.488 e. The topological polar surface area (TPSA) is 71.0 Å². The number of rotatable bonds is 5. The maximum atomic E-state index is 11.5. The van der Waals surface area contributed by atoms with Gasteiger partial charge < -0.3 is 4.74 Å². The van der Waals surface area contributed by atoms with Gasteiger partial charge >= 0.3 is 6.03 Å². The van der Waals surface area contributed by atoms with E-state index in [1.165, 1.54) is 6.21 Å². The van der Waals surface area contributed by atoms with Crippen LogP contribution in [0.25, 0.3) is 0 Å². The number of nitrogens with one attached hydrogen (secondary N) is 1. The van der Waals surface area contributed by atoms with Crippen molar-refractivity contribution in [3.8, 4) is 5.75 Å². The Kier molecular flexibility index (Phi) is 4.33. The molecule has 1 saturated heterocycles. The van der Waals surface area contributed by atoms with E-state index in [1.807, 2.05) is 54.6 Å². The van der Waals surface area contributed by atoms with E-state index in [4.69, 9.17) is 4.74 Å². The quantitative estimate of drug-likeness (QED) is 0.679. The molecule has 23 heavy (non-hydrogen) atoms. The lowest BCUT2D eigenvalue weighted by Gasteiger charge is -2.10. The molecule has 2 aromatic rings. The molecule has 1 aliphatic heterocycles. The molecule has 0 atom stereocenters. The van der Waals surface area contributed by atoms with Crippen LogP contribution in [0.4, 0.5) is 4.79 Å². The fraction of sp³-hybridized carbons (Fsp3) is 0.118. The molecule has 0 spiro atoms. The Bertz CT molecular complexity index is 744. The van der Waals surface area contributed by atoms with Gasteiger partial charge in [-0.05, 0) is 17.7 Å². The summed E-state index contributed by atoms with van der Waals surface area (Å²) >= 11 is 0. The highest BCUT2D eigenvalue weighted by atomic mass is 16.5. The van der Waals surface area contributed by atoms with E-state index in [-0.39, 0.29) is 12.5 Å². The molecule has 0 bridgehead atoms. The van der Waals surface area contributed by atoms with Crippen LogP contribution in [0.1, 0.15) is 11.1 Å². The lowest BCUT2D eigenvalue weighted by molar-refractivity contribution is -0.118. The average Bonchev–Trinajstić information content (AvgIpc) is 2.90. The van der Waals surface area contributed by atoms with Crippen molar-refractivity contribution in [1.29, 1.82) is 0 Å². The number of carbonyl (C=O) groups is 2. The Hall–Kier alpha value is -3.15. The van der Waals surface area contributed by atoms with Crippen molar-refractivity contribution in [3.63, 3.8) is 0 Å². The molecule has 0 radical (unpaired) electrons. The van der Waals surface area contributed by atoms with Crippen LogP contribution in [0.15, 0.2) is 59.7 Å². The van der Waals surface area contributed by atoms with Crippen molar-refractivity contribution < 1.29 is 14.3 Å². The minimum Gasteiger partial charge on any atom is -0.488 e. The van der Waals surface area contributed by atoms with Crippen molar-refractivity contribution in [2.24, 2.45) is 5.10 Å². The Morgan fingerprint density at radius 2 is 1.83 bits per heavy atom. The van der Waals surface area contributed by atoms with E-state index in [9.17, 15) is 9.59 Å². The van der Waals surface area contributed by atoms with E-state index in [1.54, 1.807) is 0 Å². The molecule has 1 N–H and O–H groups in total. The second kappa shape index (κ2) is 6.74. The molecule has 1 fully saturated rings. The number of urea groups is 1. The van der Waals surface area contributed by atoms with Crippen LogP contribution in [0, 0.1) is 0 Å². The van der Waals surface area contributed by atoms with Crippen LogP contribution in [-0.4, -0.2) is 29.7 Å². The number of hydrogen-bond acceptors (Lipinski definition) is 4. The molecule has 3 rings (SSSR count). The van der Waals surface area contributed by atoms with Gasteiger partial charge in [0.2, 0.25) is 5.91 Å². The zero-order valence-electron chi connectivity index (χ0n) is 12.3. The van der Waals surface area contributed by atoms with Crippen molar-refractivity contribution in [2.45, 2.75) is 6.61 Å². The minimum atomic E-state index is -0.520. The lowest BCUT2D eigenvalue weighted by Crippen LogP contribution is -2.24. The highest BCUT2D eigenvalue weighted by Gasteiger charge is 2.25. The minimum absolute atomic E-state index is 0.0671. The molecule has 0 aliphatic carbocycles. The summed E-state index contributed by atoms with van der Waals surface area (Å²) < 4.78 is 5.81. The van der Waals surface area contributed by atoms with Crippen molar-refractivity contribution in [3.05, 3.63) is 65.7 Å². The van der Waals surface area contributed by atoms with E-state index in [0.717, 1.165) is 16.1 Å². The average molecular weight is 309 g/mol. The third kappa shape index (κ3) is 3.74. The summed E-state index contributed by atoms with van der Waals surface area (Å²) in [4.78, 5) is 22.6. The SMILES string of the molecule is O=C1CN(/N=C/c2ccccc2OCc2ccccc2)C(=O)N1. The molecule has 3 amide bonds. The highest BCUT2D eigenvalue weighted by molar-refractivity contribution is 6.02. The lowest BCUT2D eigenvalue weighted by atomic mass is 10.2. The number of hydrazone groups is 1. The number of nitrogens with zero attached hydrogens (tertiary/aromatic N) is 2. The Morgan fingerprint density at radius 1 is 1.09 bits per heavy atom. The monoisotopic (exact) mass is 309 g/mol. The molecule has 1 heterocycles. The van der Waals surface area contributed by atoms with Gasteiger partial charge in [-0.25, -0.2) is 9.80 Å². The standard InChI is InChI=1S/C17H15N3O3/c21-16-11-20(17(22)19-16)18-10-14-8-4-5-9-15(14)23-12-13-6-2-1-3-7-13/h1-10H,11-12H2,(H,19,21,22)/b18-10+. The second-order valence-electron chi connectivity index (χ2n) is 4.97. The predicted octanol–water partition coefficient (Wildman–Crippen LogP) is 2.15. The van der Waals surface area contributed by atoms with Gasteiger partial charge in [-0.1, -0.05) is 42.5 Å². The molecule has 1 aliphatic rings. The molecular formula is C17H15N3O3. The summed E-state index contributed by atoms with van der Waals surface area (Å²) in [6, 6.07) is 16.7.